The molecule has 0 N–H and O–H groups in total. The van der Waals surface area contributed by atoms with Crippen LogP contribution in [0.2, 0.25) is 0 Å². The van der Waals surface area contributed by atoms with Gasteiger partial charge in [-0.05, 0) is 18.2 Å². The molecule has 1 unspecified atom stereocenters. The number of rotatable bonds is 5. The molecule has 1 heterocycles. The lowest BCUT2D eigenvalue weighted by molar-refractivity contribution is -0.152. The Labute approximate surface area is 154 Å². The zero-order valence-corrected chi connectivity index (χ0v) is 14.7. The first-order chi connectivity index (χ1) is 12.9. The van der Waals surface area contributed by atoms with Crippen molar-refractivity contribution in [2.75, 3.05) is 21.3 Å². The van der Waals surface area contributed by atoms with Crippen molar-refractivity contribution in [2.24, 2.45) is 0 Å². The van der Waals surface area contributed by atoms with Gasteiger partial charge in [0.15, 0.2) is 0 Å². The van der Waals surface area contributed by atoms with E-state index >= 15 is 0 Å². The van der Waals surface area contributed by atoms with Crippen LogP contribution in [0.5, 0.6) is 0 Å². The van der Waals surface area contributed by atoms with Gasteiger partial charge in [0.1, 0.15) is 11.1 Å². The number of hydrogen-bond donors (Lipinski definition) is 0. The van der Waals surface area contributed by atoms with Gasteiger partial charge in [-0.3, -0.25) is 0 Å². The molecular formula is C18H16O9. The second-order valence-electron chi connectivity index (χ2n) is 5.04. The second-order valence-corrected chi connectivity index (χ2v) is 5.04. The number of carbonyl (C=O) groups excluding carboxylic acids is 4. The summed E-state index contributed by atoms with van der Waals surface area (Å²) in [5.74, 6) is -4.28. The first-order valence-electron chi connectivity index (χ1n) is 7.56. The monoisotopic (exact) mass is 376 g/mol. The van der Waals surface area contributed by atoms with Crippen LogP contribution in [0.25, 0.3) is 0 Å². The van der Waals surface area contributed by atoms with Gasteiger partial charge in [-0.25, -0.2) is 19.2 Å². The Morgan fingerprint density at radius 2 is 1.41 bits per heavy atom. The summed E-state index contributed by atoms with van der Waals surface area (Å²) in [6.07, 6.45) is -0.635. The molecule has 0 aliphatic carbocycles. The summed E-state index contributed by atoms with van der Waals surface area (Å²) in [5, 5.41) is 0. The molecule has 0 radical (unpaired) electrons. The van der Waals surface area contributed by atoms with Crippen LogP contribution in [0.15, 0.2) is 53.3 Å². The number of hydrogen-bond acceptors (Lipinski definition) is 9. The zero-order valence-electron chi connectivity index (χ0n) is 14.7. The van der Waals surface area contributed by atoms with E-state index in [2.05, 4.69) is 14.2 Å². The van der Waals surface area contributed by atoms with Crippen LogP contribution in [0.4, 0.5) is 0 Å². The van der Waals surface area contributed by atoms with E-state index in [0.29, 0.717) is 0 Å². The third kappa shape index (κ3) is 4.32. The van der Waals surface area contributed by atoms with Gasteiger partial charge in [-0.2, -0.15) is 0 Å². The van der Waals surface area contributed by atoms with Gasteiger partial charge < -0.3 is 23.7 Å². The number of methoxy groups -OCH3 is 3. The topological polar surface area (TPSA) is 114 Å². The summed E-state index contributed by atoms with van der Waals surface area (Å²) in [4.78, 5) is 48.2. The summed E-state index contributed by atoms with van der Waals surface area (Å²) in [5.41, 5.74) is -0.501. The van der Waals surface area contributed by atoms with E-state index in [-0.39, 0.29) is 16.7 Å². The molecule has 27 heavy (non-hydrogen) atoms. The van der Waals surface area contributed by atoms with Crippen LogP contribution in [-0.4, -0.2) is 51.5 Å². The molecule has 1 aliphatic heterocycles. The molecular weight excluding hydrogens is 360 g/mol. The molecule has 1 aromatic rings. The van der Waals surface area contributed by atoms with Crippen molar-refractivity contribution in [3.05, 3.63) is 58.9 Å². The smallest absolute Gasteiger partial charge is 0.374 e. The minimum Gasteiger partial charge on any atom is -0.465 e. The Kier molecular flexibility index (Phi) is 6.32. The summed E-state index contributed by atoms with van der Waals surface area (Å²) in [7, 11) is 3.24. The maximum atomic E-state index is 12.3. The molecule has 0 bridgehead atoms. The number of benzene rings is 1. The summed E-state index contributed by atoms with van der Waals surface area (Å²) >= 11 is 0. The maximum Gasteiger partial charge on any atom is 0.374 e. The number of esters is 4. The van der Waals surface area contributed by atoms with E-state index in [1.54, 1.807) is 18.2 Å². The third-order valence-electron chi connectivity index (χ3n) is 3.44. The van der Waals surface area contributed by atoms with Gasteiger partial charge in [0.25, 0.3) is 6.29 Å². The summed E-state index contributed by atoms with van der Waals surface area (Å²) in [6, 6.07) is 7.91. The SMILES string of the molecule is COC(=O)C1=CC(C(=O)OC)=C(C(=O)OC)OC1OC(=O)c1ccccc1. The summed E-state index contributed by atoms with van der Waals surface area (Å²) < 4.78 is 24.2. The van der Waals surface area contributed by atoms with Gasteiger partial charge in [0, 0.05) is 0 Å². The van der Waals surface area contributed by atoms with Crippen molar-refractivity contribution < 1.29 is 42.9 Å². The molecule has 0 saturated carbocycles. The quantitative estimate of drug-likeness (QED) is 0.546. The van der Waals surface area contributed by atoms with Crippen LogP contribution in [0.1, 0.15) is 10.4 Å². The molecule has 1 aliphatic rings. The normalized spacial score (nSPS) is 15.8. The van der Waals surface area contributed by atoms with E-state index in [1.165, 1.54) is 12.1 Å². The van der Waals surface area contributed by atoms with Crippen molar-refractivity contribution in [3.63, 3.8) is 0 Å². The molecule has 0 saturated heterocycles. The lowest BCUT2D eigenvalue weighted by Gasteiger charge is -2.25. The Morgan fingerprint density at radius 3 is 1.96 bits per heavy atom. The molecule has 0 spiro atoms. The maximum absolute atomic E-state index is 12.3. The predicted octanol–water partition coefficient (Wildman–Crippen LogP) is 0.899. The molecule has 0 amide bonds. The predicted molar refractivity (Wildman–Crippen MR) is 87.9 cm³/mol. The first kappa shape index (κ1) is 19.7. The van der Waals surface area contributed by atoms with Gasteiger partial charge in [0.05, 0.1) is 26.9 Å². The third-order valence-corrected chi connectivity index (χ3v) is 3.44. The molecule has 2 rings (SSSR count). The number of ether oxygens (including phenoxy) is 5. The standard InChI is InChI=1S/C18H16O9/c1-23-15(20)11-9-12(16(21)24-2)18(26-13(11)17(22)25-3)27-14(19)10-7-5-4-6-8-10/h4-9,18H,1-3H3. The molecule has 142 valence electrons. The van der Waals surface area contributed by atoms with Crippen molar-refractivity contribution in [2.45, 2.75) is 6.29 Å². The fourth-order valence-electron chi connectivity index (χ4n) is 2.14. The van der Waals surface area contributed by atoms with Gasteiger partial charge in [0.2, 0.25) is 5.76 Å². The molecule has 0 aromatic heterocycles. The van der Waals surface area contributed by atoms with Crippen molar-refractivity contribution >= 4 is 23.9 Å². The molecule has 9 heteroatoms. The Bertz CT molecular complexity index is 820. The van der Waals surface area contributed by atoms with Crippen molar-refractivity contribution in [1.29, 1.82) is 0 Å². The lowest BCUT2D eigenvalue weighted by Crippen LogP contribution is -2.34. The lowest BCUT2D eigenvalue weighted by atomic mass is 10.1. The summed E-state index contributed by atoms with van der Waals surface area (Å²) in [6.45, 7) is 0. The van der Waals surface area contributed by atoms with Crippen LogP contribution in [0, 0.1) is 0 Å². The Morgan fingerprint density at radius 1 is 0.815 bits per heavy atom. The first-order valence-corrected chi connectivity index (χ1v) is 7.56. The highest BCUT2D eigenvalue weighted by Crippen LogP contribution is 2.27. The van der Waals surface area contributed by atoms with E-state index in [0.717, 1.165) is 27.4 Å². The van der Waals surface area contributed by atoms with Crippen molar-refractivity contribution in [3.8, 4) is 0 Å². The van der Waals surface area contributed by atoms with Crippen LogP contribution in [0.3, 0.4) is 0 Å². The zero-order chi connectivity index (χ0) is 20.0. The van der Waals surface area contributed by atoms with E-state index < -0.39 is 35.9 Å². The number of carbonyl (C=O) groups is 4. The fourth-order valence-corrected chi connectivity index (χ4v) is 2.14. The minimum absolute atomic E-state index is 0.188. The van der Waals surface area contributed by atoms with Gasteiger partial charge in [-0.15, -0.1) is 0 Å². The largest absolute Gasteiger partial charge is 0.465 e. The second kappa shape index (κ2) is 8.65. The average Bonchev–Trinajstić information content (AvgIpc) is 2.72. The van der Waals surface area contributed by atoms with E-state index in [9.17, 15) is 19.2 Å². The van der Waals surface area contributed by atoms with Crippen molar-refractivity contribution in [1.82, 2.24) is 0 Å². The highest BCUT2D eigenvalue weighted by Gasteiger charge is 2.38. The van der Waals surface area contributed by atoms with E-state index in [4.69, 9.17) is 9.47 Å². The molecule has 0 fully saturated rings. The molecule has 1 atom stereocenters. The van der Waals surface area contributed by atoms with Crippen LogP contribution >= 0.6 is 0 Å². The van der Waals surface area contributed by atoms with Crippen LogP contribution < -0.4 is 0 Å². The molecule has 9 nitrogen and oxygen atoms in total. The minimum atomic E-state index is -1.63. The Balaban J connectivity index is 2.43. The fraction of sp³-hybridized carbons (Fsp3) is 0.222. The molecule has 1 aromatic carbocycles. The Hall–Kier alpha value is -3.62. The van der Waals surface area contributed by atoms with Crippen LogP contribution in [-0.2, 0) is 38.1 Å². The highest BCUT2D eigenvalue weighted by molar-refractivity contribution is 6.04. The highest BCUT2D eigenvalue weighted by atomic mass is 16.7. The van der Waals surface area contributed by atoms with Gasteiger partial charge in [-0.1, -0.05) is 18.2 Å². The van der Waals surface area contributed by atoms with E-state index in [1.807, 2.05) is 0 Å². The van der Waals surface area contributed by atoms with Gasteiger partial charge >= 0.3 is 23.9 Å². The average molecular weight is 376 g/mol.